The monoisotopic (exact) mass is 628 g/mol. The van der Waals surface area contributed by atoms with Gasteiger partial charge in [0, 0.05) is 11.2 Å². The van der Waals surface area contributed by atoms with E-state index in [9.17, 15) is 14.4 Å². The van der Waals surface area contributed by atoms with Gasteiger partial charge in [-0.2, -0.15) is 0 Å². The summed E-state index contributed by atoms with van der Waals surface area (Å²) in [4.78, 5) is 41.2. The Morgan fingerprint density at radius 2 is 1.54 bits per heavy atom. The van der Waals surface area contributed by atoms with Crippen molar-refractivity contribution in [1.29, 1.82) is 0 Å². The molecule has 2 heterocycles. The van der Waals surface area contributed by atoms with E-state index in [1.54, 1.807) is 24.3 Å². The van der Waals surface area contributed by atoms with Crippen LogP contribution < -0.4 is 10.1 Å². The molecule has 0 aliphatic carbocycles. The Hall–Kier alpha value is -3.01. The third-order valence-electron chi connectivity index (χ3n) is 6.76. The molecule has 1 N–H and O–H groups in total. The maximum Gasteiger partial charge on any atom is 0.331 e. The minimum absolute atomic E-state index is 0.0993. The number of carbonyl (C=O) groups excluding carboxylic acids is 3. The first-order valence-corrected chi connectivity index (χ1v) is 14.9. The highest BCUT2D eigenvalue weighted by Crippen LogP contribution is 2.53. The van der Waals surface area contributed by atoms with E-state index in [2.05, 4.69) is 21.2 Å². The molecule has 3 aromatic carbocycles. The lowest BCUT2D eigenvalue weighted by Gasteiger charge is -2.44. The lowest BCUT2D eigenvalue weighted by atomic mass is 9.95. The van der Waals surface area contributed by atoms with Gasteiger partial charge in [-0.25, -0.2) is 4.79 Å². The van der Waals surface area contributed by atoms with Crippen LogP contribution in [0.15, 0.2) is 91.0 Å². The number of benzene rings is 3. The van der Waals surface area contributed by atoms with Crippen molar-refractivity contribution in [3.63, 3.8) is 0 Å². The van der Waals surface area contributed by atoms with Gasteiger partial charge in [0.2, 0.25) is 5.91 Å². The van der Waals surface area contributed by atoms with Crippen LogP contribution in [0, 0.1) is 0 Å². The number of nitrogens with zero attached hydrogens (tertiary/aromatic N) is 1. The zero-order chi connectivity index (χ0) is 27.4. The predicted molar refractivity (Wildman–Crippen MR) is 154 cm³/mol. The number of ether oxygens (including phenoxy) is 2. The van der Waals surface area contributed by atoms with E-state index >= 15 is 0 Å². The van der Waals surface area contributed by atoms with Crippen molar-refractivity contribution >= 4 is 57.1 Å². The lowest BCUT2D eigenvalue weighted by Crippen LogP contribution is -2.71. The summed E-state index contributed by atoms with van der Waals surface area (Å²) in [5.74, 6) is -0.673. The van der Waals surface area contributed by atoms with Crippen LogP contribution in [0.1, 0.15) is 17.2 Å². The lowest BCUT2D eigenvalue weighted by molar-refractivity contribution is -0.166. The first-order valence-electron chi connectivity index (χ1n) is 12.4. The molecule has 0 spiro atoms. The number of β-lactam (4-membered cyclic amide) rings is 1. The average Bonchev–Trinajstić information content (AvgIpc) is 3.31. The Kier molecular flexibility index (Phi) is 8.49. The van der Waals surface area contributed by atoms with Crippen LogP contribution in [0.3, 0.4) is 0 Å². The molecule has 39 heavy (non-hydrogen) atoms. The van der Waals surface area contributed by atoms with Crippen molar-refractivity contribution in [1.82, 2.24) is 10.2 Å². The molecular weight excluding hydrogens is 604 g/mol. The van der Waals surface area contributed by atoms with Gasteiger partial charge in [-0.1, -0.05) is 94.8 Å². The second kappa shape index (κ2) is 12.0. The molecule has 1 unspecified atom stereocenters. The molecule has 2 aliphatic rings. The molecule has 4 atom stereocenters. The second-order valence-electron chi connectivity index (χ2n) is 9.27. The van der Waals surface area contributed by atoms with Crippen molar-refractivity contribution in [3.05, 3.63) is 102 Å². The van der Waals surface area contributed by atoms with Crippen LogP contribution in [0.2, 0.25) is 0 Å². The van der Waals surface area contributed by atoms with Gasteiger partial charge >= 0.3 is 5.97 Å². The number of hydrogen-bond donors (Lipinski definition) is 1. The normalized spacial score (nSPS) is 23.6. The second-order valence-corrected chi connectivity index (χ2v) is 11.6. The number of para-hydroxylation sites is 1. The minimum atomic E-state index is -0.930. The van der Waals surface area contributed by atoms with Crippen LogP contribution >= 0.6 is 39.3 Å². The van der Waals surface area contributed by atoms with E-state index in [4.69, 9.17) is 21.1 Å². The highest BCUT2D eigenvalue weighted by molar-refractivity contribution is 9.09. The van der Waals surface area contributed by atoms with Crippen molar-refractivity contribution < 1.29 is 23.9 Å². The Morgan fingerprint density at radius 1 is 0.974 bits per heavy atom. The molecule has 0 radical (unpaired) electrons. The van der Waals surface area contributed by atoms with Gasteiger partial charge in [0.25, 0.3) is 5.91 Å². The fourth-order valence-corrected chi connectivity index (χ4v) is 7.96. The summed E-state index contributed by atoms with van der Waals surface area (Å²) in [5, 5.41) is 2.65. The maximum atomic E-state index is 13.8. The van der Waals surface area contributed by atoms with Crippen LogP contribution in [0.5, 0.6) is 5.75 Å². The smallest absolute Gasteiger partial charge is 0.331 e. The number of rotatable bonds is 10. The quantitative estimate of drug-likeness (QED) is 0.202. The van der Waals surface area contributed by atoms with Crippen molar-refractivity contribution in [2.24, 2.45) is 0 Å². The van der Waals surface area contributed by atoms with Gasteiger partial charge in [0.1, 0.15) is 23.2 Å². The number of halogens is 2. The number of carbonyl (C=O) groups is 3. The highest BCUT2D eigenvalue weighted by atomic mass is 79.9. The fourth-order valence-electron chi connectivity index (χ4n) is 4.80. The van der Waals surface area contributed by atoms with Crippen molar-refractivity contribution in [3.8, 4) is 5.75 Å². The molecule has 7 nitrogen and oxygen atoms in total. The summed E-state index contributed by atoms with van der Waals surface area (Å²) in [6, 6.07) is 26.2. The molecule has 0 aromatic heterocycles. The van der Waals surface area contributed by atoms with E-state index in [-0.39, 0.29) is 18.4 Å². The molecular formula is C29H26BrClN2O5S. The molecule has 10 heteroatoms. The number of hydrogen-bond acceptors (Lipinski definition) is 6. The third-order valence-corrected chi connectivity index (χ3v) is 10.5. The standard InChI is InChI=1S/C29H26BrClN2O5S/c30-17-29(18-31)25(28(36)38-24(19-10-4-1-5-11-19)20-12-6-2-7-13-20)33-26(35)23(27(33)39-29)32-22(34)16-37-21-14-8-3-9-15-21/h1-15,23-25,27H,16-18H2,(H,32,34)/t23?,25-,27+,29+/m0/s1. The minimum Gasteiger partial charge on any atom is -0.484 e. The third kappa shape index (κ3) is 5.53. The van der Waals surface area contributed by atoms with Gasteiger partial charge in [-0.15, -0.1) is 23.4 Å². The molecule has 2 amide bonds. The van der Waals surface area contributed by atoms with Crippen LogP contribution in [-0.2, 0) is 19.1 Å². The largest absolute Gasteiger partial charge is 0.484 e. The topological polar surface area (TPSA) is 84.9 Å². The summed E-state index contributed by atoms with van der Waals surface area (Å²) >= 11 is 11.4. The summed E-state index contributed by atoms with van der Waals surface area (Å²) in [5.41, 5.74) is 1.63. The number of nitrogens with one attached hydrogen (secondary N) is 1. The summed E-state index contributed by atoms with van der Waals surface area (Å²) in [6.07, 6.45) is -0.658. The Bertz CT molecular complexity index is 1270. The average molecular weight is 630 g/mol. The summed E-state index contributed by atoms with van der Waals surface area (Å²) in [7, 11) is 0. The van der Waals surface area contributed by atoms with E-state index in [1.807, 2.05) is 66.7 Å². The predicted octanol–water partition coefficient (Wildman–Crippen LogP) is 4.54. The van der Waals surface area contributed by atoms with Gasteiger partial charge in [-0.3, -0.25) is 9.59 Å². The molecule has 2 aliphatic heterocycles. The molecule has 2 saturated heterocycles. The zero-order valence-corrected chi connectivity index (χ0v) is 23.9. The fraction of sp³-hybridized carbons (Fsp3) is 0.276. The Labute approximate surface area is 244 Å². The van der Waals surface area contributed by atoms with Crippen molar-refractivity contribution in [2.75, 3.05) is 17.8 Å². The van der Waals surface area contributed by atoms with Crippen LogP contribution in [0.4, 0.5) is 0 Å². The van der Waals surface area contributed by atoms with Gasteiger partial charge in [0.15, 0.2) is 12.7 Å². The first kappa shape index (κ1) is 27.6. The first-order chi connectivity index (χ1) is 19.0. The number of amides is 2. The molecule has 0 bridgehead atoms. The van der Waals surface area contributed by atoms with Gasteiger partial charge in [-0.05, 0) is 23.3 Å². The number of thioether (sulfide) groups is 1. The van der Waals surface area contributed by atoms with Crippen LogP contribution in [0.25, 0.3) is 0 Å². The van der Waals surface area contributed by atoms with E-state index in [0.29, 0.717) is 11.1 Å². The SMILES string of the molecule is O=C(COc1ccccc1)NC1C(=O)N2[C@@H]1S[C@@](CCl)(CBr)[C@@H]2C(=O)OC(c1ccccc1)c1ccccc1. The molecule has 0 saturated carbocycles. The van der Waals surface area contributed by atoms with E-state index in [0.717, 1.165) is 11.1 Å². The Morgan fingerprint density at radius 3 is 2.08 bits per heavy atom. The highest BCUT2D eigenvalue weighted by Gasteiger charge is 2.67. The van der Waals surface area contributed by atoms with Gasteiger partial charge < -0.3 is 19.7 Å². The van der Waals surface area contributed by atoms with Crippen molar-refractivity contribution in [2.45, 2.75) is 28.3 Å². The summed E-state index contributed by atoms with van der Waals surface area (Å²) in [6.45, 7) is -0.231. The zero-order valence-electron chi connectivity index (χ0n) is 20.7. The Balaban J connectivity index is 1.33. The molecule has 5 rings (SSSR count). The maximum absolute atomic E-state index is 13.8. The number of alkyl halides is 2. The number of esters is 1. The molecule has 202 valence electrons. The van der Waals surface area contributed by atoms with Gasteiger partial charge in [0.05, 0.1) is 4.75 Å². The van der Waals surface area contributed by atoms with E-state index in [1.165, 1.54) is 16.7 Å². The van der Waals surface area contributed by atoms with E-state index < -0.39 is 40.2 Å². The summed E-state index contributed by atoms with van der Waals surface area (Å²) < 4.78 is 10.8. The molecule has 3 aromatic rings. The number of fused-ring (bicyclic) bond motifs is 1. The van der Waals surface area contributed by atoms with Crippen LogP contribution in [-0.4, -0.2) is 62.7 Å². The molecule has 2 fully saturated rings.